The van der Waals surface area contributed by atoms with Gasteiger partial charge >= 0.3 is 5.97 Å². The summed E-state index contributed by atoms with van der Waals surface area (Å²) < 4.78 is 0. The van der Waals surface area contributed by atoms with Crippen LogP contribution in [0.1, 0.15) is 49.3 Å². The van der Waals surface area contributed by atoms with Gasteiger partial charge in [0, 0.05) is 12.2 Å². The van der Waals surface area contributed by atoms with Gasteiger partial charge in [-0.05, 0) is 18.4 Å². The maximum absolute atomic E-state index is 12.1. The molecular weight excluding hydrogens is 234 g/mol. The number of carboxylic acid groups (broad SMARTS) is 1. The van der Waals surface area contributed by atoms with Crippen LogP contribution in [0, 0.1) is 0 Å². The molecule has 100 valence electrons. The molecule has 1 aromatic rings. The van der Waals surface area contributed by atoms with Crippen molar-refractivity contribution in [1.29, 1.82) is 0 Å². The fourth-order valence-electron chi connectivity index (χ4n) is 1.59. The first-order valence-corrected chi connectivity index (χ1v) is 6.02. The lowest BCUT2D eigenvalue weighted by atomic mass is 10.1. The summed E-state index contributed by atoms with van der Waals surface area (Å²) in [6.07, 6.45) is 0.709. The molecule has 6 nitrogen and oxygen atoms in total. The first kappa shape index (κ1) is 14.2. The van der Waals surface area contributed by atoms with Crippen LogP contribution in [-0.4, -0.2) is 45.2 Å². The number of carbonyl (C=O) groups is 2. The molecular formula is C12H19N3O3. The number of aromatic amines is 1. The number of aromatic nitrogens is 2. The van der Waals surface area contributed by atoms with Gasteiger partial charge in [0.2, 0.25) is 0 Å². The van der Waals surface area contributed by atoms with Crippen LogP contribution in [0.15, 0.2) is 6.07 Å². The molecule has 0 unspecified atom stereocenters. The van der Waals surface area contributed by atoms with E-state index in [1.54, 1.807) is 6.07 Å². The lowest BCUT2D eigenvalue weighted by Crippen LogP contribution is -2.36. The highest BCUT2D eigenvalue weighted by atomic mass is 16.4. The van der Waals surface area contributed by atoms with Gasteiger partial charge in [0.25, 0.3) is 5.91 Å². The van der Waals surface area contributed by atoms with Gasteiger partial charge in [0.05, 0.1) is 0 Å². The maximum atomic E-state index is 12.1. The summed E-state index contributed by atoms with van der Waals surface area (Å²) in [5, 5.41) is 15.5. The zero-order chi connectivity index (χ0) is 13.7. The van der Waals surface area contributed by atoms with Crippen LogP contribution in [0.25, 0.3) is 0 Å². The van der Waals surface area contributed by atoms with E-state index in [2.05, 4.69) is 10.2 Å². The largest absolute Gasteiger partial charge is 0.480 e. The van der Waals surface area contributed by atoms with Gasteiger partial charge in [-0.25, -0.2) is 0 Å². The number of rotatable bonds is 6. The number of nitrogens with zero attached hydrogens (tertiary/aromatic N) is 2. The summed E-state index contributed by atoms with van der Waals surface area (Å²) in [5.74, 6) is -1.11. The van der Waals surface area contributed by atoms with Crippen molar-refractivity contribution in [2.45, 2.75) is 33.1 Å². The van der Waals surface area contributed by atoms with Crippen LogP contribution in [0.2, 0.25) is 0 Å². The standard InChI is InChI=1S/C12H19N3O3/c1-4-5-15(7-11(16)17)12(18)10-6-9(8(2)3)13-14-10/h6,8H,4-5,7H2,1-3H3,(H,13,14)(H,16,17). The number of carbonyl (C=O) groups excluding carboxylic acids is 1. The second kappa shape index (κ2) is 6.18. The fourth-order valence-corrected chi connectivity index (χ4v) is 1.59. The Bertz CT molecular complexity index is 426. The van der Waals surface area contributed by atoms with Crippen molar-refractivity contribution in [3.63, 3.8) is 0 Å². The van der Waals surface area contributed by atoms with E-state index < -0.39 is 5.97 Å². The van der Waals surface area contributed by atoms with Crippen molar-refractivity contribution in [2.75, 3.05) is 13.1 Å². The third-order valence-electron chi connectivity index (χ3n) is 2.55. The van der Waals surface area contributed by atoms with Crippen LogP contribution in [0.3, 0.4) is 0 Å². The van der Waals surface area contributed by atoms with Crippen molar-refractivity contribution in [2.24, 2.45) is 0 Å². The van der Waals surface area contributed by atoms with Gasteiger partial charge in [-0.1, -0.05) is 20.8 Å². The van der Waals surface area contributed by atoms with E-state index in [-0.39, 0.29) is 24.1 Å². The van der Waals surface area contributed by atoms with E-state index in [1.165, 1.54) is 4.90 Å². The summed E-state index contributed by atoms with van der Waals surface area (Å²) in [7, 11) is 0. The van der Waals surface area contributed by atoms with Gasteiger partial charge in [-0.2, -0.15) is 5.10 Å². The van der Waals surface area contributed by atoms with Crippen LogP contribution >= 0.6 is 0 Å². The molecule has 0 fully saturated rings. The van der Waals surface area contributed by atoms with Gasteiger partial charge in [-0.15, -0.1) is 0 Å². The Morgan fingerprint density at radius 3 is 2.61 bits per heavy atom. The summed E-state index contributed by atoms with van der Waals surface area (Å²) in [4.78, 5) is 24.1. The molecule has 2 N–H and O–H groups in total. The Morgan fingerprint density at radius 2 is 2.17 bits per heavy atom. The van der Waals surface area contributed by atoms with E-state index in [9.17, 15) is 9.59 Å². The number of amides is 1. The smallest absolute Gasteiger partial charge is 0.323 e. The summed E-state index contributed by atoms with van der Waals surface area (Å²) in [6.45, 7) is 5.99. The van der Waals surface area contributed by atoms with Crippen molar-refractivity contribution in [3.05, 3.63) is 17.5 Å². The molecule has 6 heteroatoms. The van der Waals surface area contributed by atoms with E-state index in [0.29, 0.717) is 13.0 Å². The quantitative estimate of drug-likeness (QED) is 0.803. The predicted octanol–water partition coefficient (Wildman–Crippen LogP) is 1.47. The van der Waals surface area contributed by atoms with E-state index in [1.807, 2.05) is 20.8 Å². The molecule has 1 aromatic heterocycles. The zero-order valence-corrected chi connectivity index (χ0v) is 10.9. The van der Waals surface area contributed by atoms with Crippen LogP contribution in [0.4, 0.5) is 0 Å². The summed E-state index contributed by atoms with van der Waals surface area (Å²) in [5.41, 5.74) is 1.14. The van der Waals surface area contributed by atoms with Crippen molar-refractivity contribution in [1.82, 2.24) is 15.1 Å². The van der Waals surface area contributed by atoms with Crippen molar-refractivity contribution in [3.8, 4) is 0 Å². The maximum Gasteiger partial charge on any atom is 0.323 e. The topological polar surface area (TPSA) is 86.3 Å². The highest BCUT2D eigenvalue weighted by molar-refractivity contribution is 5.94. The number of H-pyrrole nitrogens is 1. The minimum atomic E-state index is -1.02. The van der Waals surface area contributed by atoms with Gasteiger partial charge < -0.3 is 10.0 Å². The molecule has 0 saturated heterocycles. The Morgan fingerprint density at radius 1 is 1.50 bits per heavy atom. The monoisotopic (exact) mass is 253 g/mol. The normalized spacial score (nSPS) is 10.7. The van der Waals surface area contributed by atoms with E-state index >= 15 is 0 Å². The lowest BCUT2D eigenvalue weighted by Gasteiger charge is -2.18. The number of aliphatic carboxylic acids is 1. The fraction of sp³-hybridized carbons (Fsp3) is 0.583. The molecule has 0 aliphatic heterocycles. The minimum Gasteiger partial charge on any atom is -0.480 e. The summed E-state index contributed by atoms with van der Waals surface area (Å²) in [6, 6.07) is 1.68. The van der Waals surface area contributed by atoms with E-state index in [4.69, 9.17) is 5.11 Å². The number of hydrogen-bond acceptors (Lipinski definition) is 3. The van der Waals surface area contributed by atoms with Crippen molar-refractivity contribution < 1.29 is 14.7 Å². The molecule has 0 spiro atoms. The molecule has 1 rings (SSSR count). The molecule has 0 aliphatic carbocycles. The Labute approximate surface area is 106 Å². The van der Waals surface area contributed by atoms with Gasteiger partial charge in [0.1, 0.15) is 12.2 Å². The van der Waals surface area contributed by atoms with Crippen LogP contribution in [-0.2, 0) is 4.79 Å². The molecule has 18 heavy (non-hydrogen) atoms. The molecule has 0 radical (unpaired) electrons. The third kappa shape index (κ3) is 3.58. The number of hydrogen-bond donors (Lipinski definition) is 2. The highest BCUT2D eigenvalue weighted by Gasteiger charge is 2.20. The second-order valence-electron chi connectivity index (χ2n) is 4.48. The average Bonchev–Trinajstić information content (AvgIpc) is 2.76. The molecule has 0 aliphatic rings. The van der Waals surface area contributed by atoms with Crippen LogP contribution < -0.4 is 0 Å². The molecule has 0 atom stereocenters. The predicted molar refractivity (Wildman–Crippen MR) is 66.5 cm³/mol. The van der Waals surface area contributed by atoms with Gasteiger partial charge in [0.15, 0.2) is 0 Å². The minimum absolute atomic E-state index is 0.248. The first-order chi connectivity index (χ1) is 8.45. The molecule has 1 amide bonds. The Kier molecular flexibility index (Phi) is 4.88. The summed E-state index contributed by atoms with van der Waals surface area (Å²) >= 11 is 0. The first-order valence-electron chi connectivity index (χ1n) is 6.02. The van der Waals surface area contributed by atoms with E-state index in [0.717, 1.165) is 5.69 Å². The van der Waals surface area contributed by atoms with Crippen LogP contribution in [0.5, 0.6) is 0 Å². The molecule has 0 bridgehead atoms. The number of carboxylic acids is 1. The lowest BCUT2D eigenvalue weighted by molar-refractivity contribution is -0.137. The average molecular weight is 253 g/mol. The Balaban J connectivity index is 2.83. The molecule has 0 aromatic carbocycles. The second-order valence-corrected chi connectivity index (χ2v) is 4.48. The van der Waals surface area contributed by atoms with Crippen molar-refractivity contribution >= 4 is 11.9 Å². The highest BCUT2D eigenvalue weighted by Crippen LogP contribution is 2.13. The third-order valence-corrected chi connectivity index (χ3v) is 2.55. The zero-order valence-electron chi connectivity index (χ0n) is 10.9. The Hall–Kier alpha value is -1.85. The van der Waals surface area contributed by atoms with Gasteiger partial charge in [-0.3, -0.25) is 14.7 Å². The SMILES string of the molecule is CCCN(CC(=O)O)C(=O)c1cc(C(C)C)[nH]n1. The number of nitrogens with one attached hydrogen (secondary N) is 1. The molecule has 0 saturated carbocycles. The molecule has 1 heterocycles.